The predicted octanol–water partition coefficient (Wildman–Crippen LogP) is 2.83. The molecule has 0 aliphatic rings. The molecule has 2 atom stereocenters. The average Bonchev–Trinajstić information content (AvgIpc) is 2.54. The smallest absolute Gasteiger partial charge is 0.326 e. The minimum Gasteiger partial charge on any atom is -0.480 e. The molecule has 0 saturated carbocycles. The molecule has 0 radical (unpaired) electrons. The van der Waals surface area contributed by atoms with Gasteiger partial charge in [0.2, 0.25) is 6.43 Å². The van der Waals surface area contributed by atoms with E-state index in [4.69, 9.17) is 9.84 Å². The Hall–Kier alpha value is -2.70. The molecule has 2 rings (SSSR count). The number of aliphatic carboxylic acids is 1. The highest BCUT2D eigenvalue weighted by Gasteiger charge is 2.27. The summed E-state index contributed by atoms with van der Waals surface area (Å²) in [5.41, 5.74) is 0. The first-order chi connectivity index (χ1) is 11.4. The first kappa shape index (κ1) is 17.7. The molecule has 0 aliphatic heterocycles. The van der Waals surface area contributed by atoms with E-state index in [9.17, 15) is 18.4 Å². The van der Waals surface area contributed by atoms with Crippen molar-refractivity contribution in [3.8, 4) is 5.75 Å². The van der Waals surface area contributed by atoms with Gasteiger partial charge in [-0.15, -0.1) is 0 Å². The van der Waals surface area contributed by atoms with Gasteiger partial charge in [0.05, 0.1) is 0 Å². The van der Waals surface area contributed by atoms with Crippen LogP contribution in [0.2, 0.25) is 0 Å². The van der Waals surface area contributed by atoms with Crippen molar-refractivity contribution in [1.82, 2.24) is 5.32 Å². The van der Waals surface area contributed by atoms with E-state index in [-0.39, 0.29) is 0 Å². The summed E-state index contributed by atoms with van der Waals surface area (Å²) >= 11 is 0. The highest BCUT2D eigenvalue weighted by molar-refractivity contribution is 5.90. The summed E-state index contributed by atoms with van der Waals surface area (Å²) in [5.74, 6) is -1.83. The average molecular weight is 337 g/mol. The van der Waals surface area contributed by atoms with Crippen LogP contribution in [0.15, 0.2) is 42.5 Å². The first-order valence-electron chi connectivity index (χ1n) is 7.34. The monoisotopic (exact) mass is 337 g/mol. The molecule has 2 N–H and O–H groups in total. The number of halogens is 2. The molecule has 5 nitrogen and oxygen atoms in total. The van der Waals surface area contributed by atoms with E-state index in [0.29, 0.717) is 5.75 Å². The van der Waals surface area contributed by atoms with E-state index in [1.807, 2.05) is 30.3 Å². The molecule has 128 valence electrons. The highest BCUT2D eigenvalue weighted by atomic mass is 19.3. The summed E-state index contributed by atoms with van der Waals surface area (Å²) in [6.07, 6.45) is -4.82. The Bertz CT molecular complexity index is 730. The van der Waals surface area contributed by atoms with Gasteiger partial charge >= 0.3 is 5.97 Å². The van der Waals surface area contributed by atoms with E-state index in [1.165, 1.54) is 6.92 Å². The molecule has 2 unspecified atom stereocenters. The van der Waals surface area contributed by atoms with Crippen LogP contribution in [0.1, 0.15) is 13.3 Å². The Kier molecular flexibility index (Phi) is 5.68. The molecule has 0 aromatic heterocycles. The van der Waals surface area contributed by atoms with Crippen LogP contribution in [-0.2, 0) is 9.59 Å². The number of amides is 1. The maximum absolute atomic E-state index is 12.4. The SMILES string of the molecule is CC(Oc1cccc2ccccc12)C(=O)NC(CC(F)F)C(=O)O. The number of carboxylic acids is 1. The summed E-state index contributed by atoms with van der Waals surface area (Å²) in [7, 11) is 0. The van der Waals surface area contributed by atoms with Crippen LogP contribution in [0.4, 0.5) is 8.78 Å². The van der Waals surface area contributed by atoms with Crippen molar-refractivity contribution < 1.29 is 28.2 Å². The Labute approximate surface area is 137 Å². The van der Waals surface area contributed by atoms with Crippen molar-refractivity contribution in [3.63, 3.8) is 0 Å². The number of rotatable bonds is 7. The Morgan fingerprint density at radius 3 is 2.50 bits per heavy atom. The van der Waals surface area contributed by atoms with Gasteiger partial charge in [0.25, 0.3) is 5.91 Å². The third-order valence-electron chi connectivity index (χ3n) is 3.45. The molecule has 0 bridgehead atoms. The van der Waals surface area contributed by atoms with Gasteiger partial charge in [0.15, 0.2) is 6.10 Å². The van der Waals surface area contributed by atoms with Gasteiger partial charge in [0, 0.05) is 11.8 Å². The zero-order valence-corrected chi connectivity index (χ0v) is 12.9. The van der Waals surface area contributed by atoms with Crippen LogP contribution >= 0.6 is 0 Å². The molecule has 1 amide bonds. The second kappa shape index (κ2) is 7.72. The minimum atomic E-state index is -2.83. The number of alkyl halides is 2. The van der Waals surface area contributed by atoms with Crippen molar-refractivity contribution in [2.45, 2.75) is 31.9 Å². The summed E-state index contributed by atoms with van der Waals surface area (Å²) < 4.78 is 30.3. The van der Waals surface area contributed by atoms with Gasteiger partial charge in [-0.1, -0.05) is 36.4 Å². The third-order valence-corrected chi connectivity index (χ3v) is 3.45. The predicted molar refractivity (Wildman–Crippen MR) is 84.2 cm³/mol. The normalized spacial score (nSPS) is 13.5. The van der Waals surface area contributed by atoms with Crippen molar-refractivity contribution >= 4 is 22.6 Å². The van der Waals surface area contributed by atoms with Crippen LogP contribution in [0, 0.1) is 0 Å². The zero-order chi connectivity index (χ0) is 17.7. The second-order valence-corrected chi connectivity index (χ2v) is 5.26. The van der Waals surface area contributed by atoms with E-state index < -0.39 is 36.9 Å². The van der Waals surface area contributed by atoms with Gasteiger partial charge in [-0.05, 0) is 18.4 Å². The van der Waals surface area contributed by atoms with Gasteiger partial charge in [-0.3, -0.25) is 4.79 Å². The van der Waals surface area contributed by atoms with Crippen LogP contribution in [-0.4, -0.2) is 35.6 Å². The quantitative estimate of drug-likeness (QED) is 0.815. The van der Waals surface area contributed by atoms with Crippen LogP contribution in [0.5, 0.6) is 5.75 Å². The lowest BCUT2D eigenvalue weighted by molar-refractivity contribution is -0.144. The largest absolute Gasteiger partial charge is 0.480 e. The van der Waals surface area contributed by atoms with Crippen molar-refractivity contribution in [1.29, 1.82) is 0 Å². The van der Waals surface area contributed by atoms with Gasteiger partial charge in [-0.2, -0.15) is 0 Å². The van der Waals surface area contributed by atoms with Crippen molar-refractivity contribution in [3.05, 3.63) is 42.5 Å². The Balaban J connectivity index is 2.09. The van der Waals surface area contributed by atoms with Crippen molar-refractivity contribution in [2.75, 3.05) is 0 Å². The lowest BCUT2D eigenvalue weighted by atomic mass is 10.1. The van der Waals surface area contributed by atoms with Crippen LogP contribution in [0.3, 0.4) is 0 Å². The number of carbonyl (C=O) groups is 2. The zero-order valence-electron chi connectivity index (χ0n) is 12.9. The fraction of sp³-hybridized carbons (Fsp3) is 0.294. The minimum absolute atomic E-state index is 0.455. The summed E-state index contributed by atoms with van der Waals surface area (Å²) in [6.45, 7) is 1.43. The van der Waals surface area contributed by atoms with E-state index in [2.05, 4.69) is 5.32 Å². The van der Waals surface area contributed by atoms with Gasteiger partial charge in [-0.25, -0.2) is 13.6 Å². The fourth-order valence-corrected chi connectivity index (χ4v) is 2.23. The van der Waals surface area contributed by atoms with E-state index >= 15 is 0 Å². The number of hydrogen-bond acceptors (Lipinski definition) is 3. The molecule has 0 spiro atoms. The van der Waals surface area contributed by atoms with E-state index in [0.717, 1.165) is 10.8 Å². The highest BCUT2D eigenvalue weighted by Crippen LogP contribution is 2.26. The standard InChI is InChI=1S/C17H17F2NO4/c1-10(16(21)20-13(17(22)23)9-15(18)19)24-14-8-4-6-11-5-2-3-7-12(11)14/h2-8,10,13,15H,9H2,1H3,(H,20,21)(H,22,23). The summed E-state index contributed by atoms with van der Waals surface area (Å²) in [4.78, 5) is 23.0. The number of hydrogen-bond donors (Lipinski definition) is 2. The topological polar surface area (TPSA) is 75.6 Å². The molecule has 0 aliphatic carbocycles. The molecule has 0 saturated heterocycles. The summed E-state index contributed by atoms with van der Waals surface area (Å²) in [5, 5.41) is 12.7. The van der Waals surface area contributed by atoms with Gasteiger partial charge in [0.1, 0.15) is 11.8 Å². The molecule has 0 heterocycles. The van der Waals surface area contributed by atoms with E-state index in [1.54, 1.807) is 12.1 Å². The number of fused-ring (bicyclic) bond motifs is 1. The molecule has 24 heavy (non-hydrogen) atoms. The number of carbonyl (C=O) groups excluding carboxylic acids is 1. The second-order valence-electron chi connectivity index (χ2n) is 5.26. The number of ether oxygens (including phenoxy) is 1. The number of benzene rings is 2. The molecule has 7 heteroatoms. The lowest BCUT2D eigenvalue weighted by Gasteiger charge is -2.19. The number of carboxylic acid groups (broad SMARTS) is 1. The number of nitrogens with one attached hydrogen (secondary N) is 1. The fourth-order valence-electron chi connectivity index (χ4n) is 2.23. The third kappa shape index (κ3) is 4.41. The first-order valence-corrected chi connectivity index (χ1v) is 7.34. The van der Waals surface area contributed by atoms with Crippen LogP contribution in [0.25, 0.3) is 10.8 Å². The maximum Gasteiger partial charge on any atom is 0.326 e. The van der Waals surface area contributed by atoms with Crippen LogP contribution < -0.4 is 10.1 Å². The Morgan fingerprint density at radius 1 is 1.17 bits per heavy atom. The maximum atomic E-state index is 12.4. The molecular formula is C17H17F2NO4. The lowest BCUT2D eigenvalue weighted by Crippen LogP contribution is -2.47. The molecule has 0 fully saturated rings. The molecular weight excluding hydrogens is 320 g/mol. The Morgan fingerprint density at radius 2 is 1.83 bits per heavy atom. The molecule has 2 aromatic rings. The van der Waals surface area contributed by atoms with Crippen molar-refractivity contribution in [2.24, 2.45) is 0 Å². The molecule has 2 aromatic carbocycles. The summed E-state index contributed by atoms with van der Waals surface area (Å²) in [6, 6.07) is 11.1. The van der Waals surface area contributed by atoms with Gasteiger partial charge < -0.3 is 15.2 Å².